The molecule has 1 saturated heterocycles. The van der Waals surface area contributed by atoms with Gasteiger partial charge in [-0.2, -0.15) is 5.10 Å². The van der Waals surface area contributed by atoms with Crippen molar-refractivity contribution in [1.29, 1.82) is 0 Å². The van der Waals surface area contributed by atoms with Crippen LogP contribution >= 0.6 is 0 Å². The number of aliphatic imine (C=N–C) groups is 1. The Balaban J connectivity index is 1.64. The lowest BCUT2D eigenvalue weighted by atomic mass is 10.1. The summed E-state index contributed by atoms with van der Waals surface area (Å²) in [5.74, 6) is 0.586. The second kappa shape index (κ2) is 11.5. The average Bonchev–Trinajstić information content (AvgIpc) is 3.33. The van der Waals surface area contributed by atoms with Gasteiger partial charge in [0.2, 0.25) is 5.91 Å². The van der Waals surface area contributed by atoms with Gasteiger partial charge in [-0.25, -0.2) is 9.67 Å². The monoisotopic (exact) mass is 427 g/mol. The fourth-order valence-electron chi connectivity index (χ4n) is 3.24. The summed E-state index contributed by atoms with van der Waals surface area (Å²) < 4.78 is 7.24. The number of aromatic nitrogens is 2. The van der Waals surface area contributed by atoms with Crippen molar-refractivity contribution in [3.63, 3.8) is 0 Å². The first-order valence-electron chi connectivity index (χ1n) is 10.7. The SMILES string of the molecule is CC(NC(=NCC(=O)N(C)C)NCCN1CCOCC1)c1cccc(-n2cccn2)c1. The van der Waals surface area contributed by atoms with Gasteiger partial charge in [0.1, 0.15) is 6.54 Å². The number of ether oxygens (including phenoxy) is 1. The number of likely N-dealkylation sites (N-methyl/N-ethyl adjacent to an activating group) is 1. The van der Waals surface area contributed by atoms with Crippen LogP contribution in [0.5, 0.6) is 0 Å². The number of carbonyl (C=O) groups is 1. The average molecular weight is 428 g/mol. The Bertz CT molecular complexity index is 845. The lowest BCUT2D eigenvalue weighted by molar-refractivity contribution is -0.127. The molecule has 1 unspecified atom stereocenters. The van der Waals surface area contributed by atoms with Crippen molar-refractivity contribution < 1.29 is 9.53 Å². The molecule has 0 saturated carbocycles. The fourth-order valence-corrected chi connectivity index (χ4v) is 3.24. The van der Waals surface area contributed by atoms with E-state index in [1.807, 2.05) is 29.1 Å². The van der Waals surface area contributed by atoms with E-state index in [0.29, 0.717) is 5.96 Å². The number of guanidine groups is 1. The van der Waals surface area contributed by atoms with Gasteiger partial charge in [0.25, 0.3) is 0 Å². The van der Waals surface area contributed by atoms with Gasteiger partial charge in [-0.05, 0) is 30.7 Å². The van der Waals surface area contributed by atoms with E-state index in [2.05, 4.69) is 44.7 Å². The van der Waals surface area contributed by atoms with E-state index in [0.717, 1.165) is 50.6 Å². The largest absolute Gasteiger partial charge is 0.379 e. The molecule has 1 aliphatic heterocycles. The molecule has 9 heteroatoms. The quantitative estimate of drug-likeness (QED) is 0.481. The molecular weight excluding hydrogens is 394 g/mol. The van der Waals surface area contributed by atoms with Crippen LogP contribution < -0.4 is 10.6 Å². The van der Waals surface area contributed by atoms with Crippen molar-refractivity contribution in [2.45, 2.75) is 13.0 Å². The van der Waals surface area contributed by atoms with Crippen LogP contribution in [0.4, 0.5) is 0 Å². The number of nitrogens with one attached hydrogen (secondary N) is 2. The molecule has 0 spiro atoms. The van der Waals surface area contributed by atoms with Crippen LogP contribution in [0.2, 0.25) is 0 Å². The standard InChI is InChI=1S/C22H33N7O2/c1-18(19-6-4-7-20(16-19)29-10-5-8-25-29)26-22(24-17-21(30)27(2)3)23-9-11-28-12-14-31-15-13-28/h4-8,10,16,18H,9,11-15,17H2,1-3H3,(H2,23,24,26). The minimum atomic E-state index is -0.0392. The normalized spacial score (nSPS) is 16.0. The zero-order chi connectivity index (χ0) is 22.1. The Labute approximate surface area is 184 Å². The lowest BCUT2D eigenvalue weighted by Gasteiger charge is -2.27. The van der Waals surface area contributed by atoms with Gasteiger partial charge in [-0.1, -0.05) is 12.1 Å². The molecule has 168 valence electrons. The zero-order valence-electron chi connectivity index (χ0n) is 18.6. The van der Waals surface area contributed by atoms with E-state index >= 15 is 0 Å². The number of amides is 1. The second-order valence-electron chi connectivity index (χ2n) is 7.75. The Hall–Kier alpha value is -2.91. The molecule has 1 aromatic heterocycles. The first kappa shape index (κ1) is 22.8. The van der Waals surface area contributed by atoms with Gasteiger partial charge in [0, 0.05) is 52.7 Å². The highest BCUT2D eigenvalue weighted by Crippen LogP contribution is 2.16. The van der Waals surface area contributed by atoms with Gasteiger partial charge >= 0.3 is 0 Å². The zero-order valence-corrected chi connectivity index (χ0v) is 18.6. The molecular formula is C22H33N7O2. The van der Waals surface area contributed by atoms with Crippen molar-refractivity contribution in [3.8, 4) is 5.69 Å². The molecule has 9 nitrogen and oxygen atoms in total. The van der Waals surface area contributed by atoms with Gasteiger partial charge < -0.3 is 20.3 Å². The fraction of sp³-hybridized carbons (Fsp3) is 0.500. The molecule has 1 amide bonds. The second-order valence-corrected chi connectivity index (χ2v) is 7.75. The van der Waals surface area contributed by atoms with E-state index in [1.165, 1.54) is 0 Å². The lowest BCUT2D eigenvalue weighted by Crippen LogP contribution is -2.45. The van der Waals surface area contributed by atoms with E-state index < -0.39 is 0 Å². The summed E-state index contributed by atoms with van der Waals surface area (Å²) in [4.78, 5) is 20.4. The molecule has 1 aliphatic rings. The molecule has 31 heavy (non-hydrogen) atoms. The minimum Gasteiger partial charge on any atom is -0.379 e. The molecule has 1 atom stereocenters. The molecule has 0 aliphatic carbocycles. The van der Waals surface area contributed by atoms with E-state index in [1.54, 1.807) is 25.2 Å². The number of hydrogen-bond donors (Lipinski definition) is 2. The third-order valence-electron chi connectivity index (χ3n) is 5.19. The summed E-state index contributed by atoms with van der Waals surface area (Å²) in [6, 6.07) is 10.1. The van der Waals surface area contributed by atoms with Crippen molar-refractivity contribution in [2.75, 3.05) is 60.0 Å². The highest BCUT2D eigenvalue weighted by molar-refractivity contribution is 5.85. The molecule has 2 N–H and O–H groups in total. The van der Waals surface area contributed by atoms with Crippen LogP contribution in [-0.2, 0) is 9.53 Å². The Morgan fingerprint density at radius 3 is 2.81 bits per heavy atom. The Kier molecular flexibility index (Phi) is 8.43. The summed E-state index contributed by atoms with van der Waals surface area (Å²) in [6.07, 6.45) is 3.68. The molecule has 3 rings (SSSR count). The summed E-state index contributed by atoms with van der Waals surface area (Å²) in [7, 11) is 3.47. The predicted octanol–water partition coefficient (Wildman–Crippen LogP) is 0.889. The highest BCUT2D eigenvalue weighted by atomic mass is 16.5. The van der Waals surface area contributed by atoms with Gasteiger partial charge in [-0.15, -0.1) is 0 Å². The minimum absolute atomic E-state index is 0.000364. The Morgan fingerprint density at radius 2 is 2.10 bits per heavy atom. The molecule has 0 radical (unpaired) electrons. The summed E-state index contributed by atoms with van der Waals surface area (Å²) in [5, 5.41) is 11.1. The van der Waals surface area contributed by atoms with Crippen LogP contribution in [0.3, 0.4) is 0 Å². The number of carbonyl (C=O) groups excluding carboxylic acids is 1. The van der Waals surface area contributed by atoms with Crippen LogP contribution in [0.25, 0.3) is 5.69 Å². The smallest absolute Gasteiger partial charge is 0.243 e. The molecule has 2 aromatic rings. The highest BCUT2D eigenvalue weighted by Gasteiger charge is 2.13. The number of rotatable bonds is 8. The van der Waals surface area contributed by atoms with Crippen LogP contribution in [0, 0.1) is 0 Å². The number of morpholine rings is 1. The van der Waals surface area contributed by atoms with Crippen molar-refractivity contribution in [3.05, 3.63) is 48.3 Å². The summed E-state index contributed by atoms with van der Waals surface area (Å²) >= 11 is 0. The van der Waals surface area contributed by atoms with Crippen LogP contribution in [0.1, 0.15) is 18.5 Å². The van der Waals surface area contributed by atoms with E-state index in [-0.39, 0.29) is 18.5 Å². The van der Waals surface area contributed by atoms with Crippen molar-refractivity contribution in [2.24, 2.45) is 4.99 Å². The summed E-state index contributed by atoms with van der Waals surface area (Å²) in [6.45, 7) is 7.25. The number of hydrogen-bond acceptors (Lipinski definition) is 5. The van der Waals surface area contributed by atoms with Gasteiger partial charge in [0.05, 0.1) is 24.9 Å². The third-order valence-corrected chi connectivity index (χ3v) is 5.19. The Morgan fingerprint density at radius 1 is 1.29 bits per heavy atom. The van der Waals surface area contributed by atoms with Gasteiger partial charge in [-0.3, -0.25) is 9.69 Å². The summed E-state index contributed by atoms with van der Waals surface area (Å²) in [5.41, 5.74) is 2.10. The number of nitrogens with zero attached hydrogens (tertiary/aromatic N) is 5. The van der Waals surface area contributed by atoms with Crippen LogP contribution in [-0.4, -0.2) is 91.5 Å². The topological polar surface area (TPSA) is 87.0 Å². The number of benzene rings is 1. The molecule has 1 aromatic carbocycles. The van der Waals surface area contributed by atoms with Crippen molar-refractivity contribution >= 4 is 11.9 Å². The first-order chi connectivity index (χ1) is 15.0. The maximum absolute atomic E-state index is 12.0. The van der Waals surface area contributed by atoms with Crippen molar-refractivity contribution in [1.82, 2.24) is 30.2 Å². The van der Waals surface area contributed by atoms with E-state index in [9.17, 15) is 4.79 Å². The molecule has 0 bridgehead atoms. The van der Waals surface area contributed by atoms with Gasteiger partial charge in [0.15, 0.2) is 5.96 Å². The maximum Gasteiger partial charge on any atom is 0.243 e. The predicted molar refractivity (Wildman–Crippen MR) is 121 cm³/mol. The van der Waals surface area contributed by atoms with E-state index in [4.69, 9.17) is 4.74 Å². The third kappa shape index (κ3) is 7.08. The van der Waals surface area contributed by atoms with Crippen LogP contribution in [0.15, 0.2) is 47.7 Å². The maximum atomic E-state index is 12.0. The molecule has 1 fully saturated rings. The molecule has 2 heterocycles. The first-order valence-corrected chi connectivity index (χ1v) is 10.7.